The van der Waals surface area contributed by atoms with Crippen LogP contribution in [0.4, 0.5) is 18.0 Å². The first kappa shape index (κ1) is 19.6. The summed E-state index contributed by atoms with van der Waals surface area (Å²) in [5.41, 5.74) is -0.315. The fraction of sp³-hybridized carbons (Fsp3) is 0.500. The van der Waals surface area contributed by atoms with Gasteiger partial charge in [0.1, 0.15) is 0 Å². The molecule has 1 fully saturated rings. The molecule has 1 N–H and O–H groups in total. The summed E-state index contributed by atoms with van der Waals surface area (Å²) in [4.78, 5) is 25.0. The Labute approximate surface area is 151 Å². The number of amides is 2. The smallest absolute Gasteiger partial charge is 0.407 e. The summed E-state index contributed by atoms with van der Waals surface area (Å²) in [6.45, 7) is 0.234. The molecule has 9 heteroatoms. The number of hydrogen-bond acceptors (Lipinski definition) is 2. The molecule has 0 aliphatic carbocycles. The van der Waals surface area contributed by atoms with Crippen molar-refractivity contribution in [3.05, 3.63) is 34.3 Å². The van der Waals surface area contributed by atoms with E-state index in [9.17, 15) is 18.4 Å². The molecule has 1 saturated heterocycles. The highest BCUT2D eigenvalue weighted by Crippen LogP contribution is 2.38. The van der Waals surface area contributed by atoms with Gasteiger partial charge < -0.3 is 14.9 Å². The van der Waals surface area contributed by atoms with Crippen molar-refractivity contribution in [3.8, 4) is 0 Å². The lowest BCUT2D eigenvalue weighted by molar-refractivity contribution is -0.173. The first-order valence-corrected chi connectivity index (χ1v) is 8.45. The van der Waals surface area contributed by atoms with Crippen LogP contribution in [0, 0.1) is 5.92 Å². The van der Waals surface area contributed by atoms with Crippen LogP contribution in [0.15, 0.2) is 28.7 Å². The zero-order chi connectivity index (χ0) is 18.8. The maximum absolute atomic E-state index is 15.2. The minimum absolute atomic E-state index is 0.117. The molecule has 25 heavy (non-hydrogen) atoms. The molecule has 2 rings (SSSR count). The van der Waals surface area contributed by atoms with Crippen molar-refractivity contribution in [1.29, 1.82) is 0 Å². The quantitative estimate of drug-likeness (QED) is 0.752. The highest BCUT2D eigenvalue weighted by Gasteiger charge is 2.49. The van der Waals surface area contributed by atoms with E-state index in [1.54, 1.807) is 0 Å². The van der Waals surface area contributed by atoms with Gasteiger partial charge in [0.2, 0.25) is 5.91 Å². The molecule has 5 nitrogen and oxygen atoms in total. The Balaban J connectivity index is 2.20. The minimum Gasteiger partial charge on any atom is -0.465 e. The molecule has 1 aliphatic rings. The molecule has 138 valence electrons. The number of benzene rings is 1. The van der Waals surface area contributed by atoms with Crippen LogP contribution in [-0.2, 0) is 10.6 Å². The number of alkyl halides is 3. The fourth-order valence-corrected chi connectivity index (χ4v) is 3.17. The highest BCUT2D eigenvalue weighted by atomic mass is 79.9. The van der Waals surface area contributed by atoms with Gasteiger partial charge in [-0.2, -0.15) is 0 Å². The average molecular weight is 423 g/mol. The molecule has 0 aromatic heterocycles. The van der Waals surface area contributed by atoms with Crippen molar-refractivity contribution in [2.75, 3.05) is 20.1 Å². The zero-order valence-corrected chi connectivity index (χ0v) is 15.0. The lowest BCUT2D eigenvalue weighted by atomic mass is 9.93. The van der Waals surface area contributed by atoms with Gasteiger partial charge in [-0.3, -0.25) is 4.79 Å². The Hall–Kier alpha value is -1.77. The first-order valence-electron chi connectivity index (χ1n) is 7.66. The van der Waals surface area contributed by atoms with Gasteiger partial charge in [0, 0.05) is 36.1 Å². The van der Waals surface area contributed by atoms with Crippen molar-refractivity contribution in [3.63, 3.8) is 0 Å². The maximum atomic E-state index is 15.2. The molecule has 1 heterocycles. The topological polar surface area (TPSA) is 60.9 Å². The van der Waals surface area contributed by atoms with Crippen LogP contribution in [0.5, 0.6) is 0 Å². The Kier molecular flexibility index (Phi) is 5.97. The summed E-state index contributed by atoms with van der Waals surface area (Å²) in [6.07, 6.45) is -4.17. The van der Waals surface area contributed by atoms with Crippen LogP contribution in [0.25, 0.3) is 0 Å². The van der Waals surface area contributed by atoms with Gasteiger partial charge in [-0.05, 0) is 25.0 Å². The van der Waals surface area contributed by atoms with Crippen molar-refractivity contribution in [2.24, 2.45) is 5.92 Å². The number of rotatable bonds is 4. The average Bonchev–Trinajstić information content (AvgIpc) is 2.60. The molecule has 1 aromatic rings. The standard InChI is InChI=1S/C16H18BrF3N2O3/c1-21(13(23)10-6-8-22(9-7-10)15(24)25)16(20,14(18)19)11-2-4-12(17)5-3-11/h2-5,10,14H,6-9H2,1H3,(H,24,25). The second kappa shape index (κ2) is 7.63. The van der Waals surface area contributed by atoms with E-state index in [2.05, 4.69) is 15.9 Å². The number of carbonyl (C=O) groups is 2. The molecule has 1 unspecified atom stereocenters. The Morgan fingerprint density at radius 3 is 2.24 bits per heavy atom. The largest absolute Gasteiger partial charge is 0.465 e. The Bertz CT molecular complexity index is 636. The van der Waals surface area contributed by atoms with Gasteiger partial charge >= 0.3 is 6.09 Å². The number of nitrogens with zero attached hydrogens (tertiary/aromatic N) is 2. The molecular formula is C16H18BrF3N2O3. The molecule has 0 bridgehead atoms. The minimum atomic E-state index is -3.43. The summed E-state index contributed by atoms with van der Waals surface area (Å²) in [6, 6.07) is 5.26. The fourth-order valence-electron chi connectivity index (χ4n) is 2.90. The van der Waals surface area contributed by atoms with Crippen LogP contribution in [0.3, 0.4) is 0 Å². The lowest BCUT2D eigenvalue weighted by Gasteiger charge is -2.38. The molecule has 1 aromatic carbocycles. The Morgan fingerprint density at radius 2 is 1.80 bits per heavy atom. The van der Waals surface area contributed by atoms with E-state index in [1.165, 1.54) is 24.3 Å². The third kappa shape index (κ3) is 3.91. The van der Waals surface area contributed by atoms with Crippen LogP contribution >= 0.6 is 15.9 Å². The normalized spacial score (nSPS) is 18.1. The van der Waals surface area contributed by atoms with E-state index in [0.29, 0.717) is 9.37 Å². The second-order valence-electron chi connectivity index (χ2n) is 5.92. The highest BCUT2D eigenvalue weighted by molar-refractivity contribution is 9.10. The number of likely N-dealkylation sites (tertiary alicyclic amines) is 1. The van der Waals surface area contributed by atoms with Gasteiger partial charge in [0.15, 0.2) is 0 Å². The van der Waals surface area contributed by atoms with E-state index in [-0.39, 0.29) is 31.5 Å². The number of hydrogen-bond donors (Lipinski definition) is 1. The van der Waals surface area contributed by atoms with Crippen molar-refractivity contribution >= 4 is 27.9 Å². The predicted octanol–water partition coefficient (Wildman–Crippen LogP) is 3.68. The predicted molar refractivity (Wildman–Crippen MR) is 88.0 cm³/mol. The molecule has 1 atom stereocenters. The first-order chi connectivity index (χ1) is 11.7. The van der Waals surface area contributed by atoms with Gasteiger partial charge in [0.05, 0.1) is 0 Å². The molecule has 0 radical (unpaired) electrons. The van der Waals surface area contributed by atoms with E-state index >= 15 is 4.39 Å². The SMILES string of the molecule is CN(C(=O)C1CCN(C(=O)O)CC1)C(F)(c1ccc(Br)cc1)C(F)F. The summed E-state index contributed by atoms with van der Waals surface area (Å²) in [5.74, 6) is -4.69. The number of carbonyl (C=O) groups excluding carboxylic acids is 1. The van der Waals surface area contributed by atoms with E-state index in [1.807, 2.05) is 0 Å². The monoisotopic (exact) mass is 422 g/mol. The van der Waals surface area contributed by atoms with Crippen LogP contribution in [-0.4, -0.2) is 53.5 Å². The summed E-state index contributed by atoms with van der Waals surface area (Å²) < 4.78 is 42.9. The third-order valence-corrected chi connectivity index (χ3v) is 5.00. The summed E-state index contributed by atoms with van der Waals surface area (Å²) in [7, 11) is 1.01. The molecule has 0 spiro atoms. The van der Waals surface area contributed by atoms with Gasteiger partial charge in [-0.15, -0.1) is 0 Å². The van der Waals surface area contributed by atoms with Gasteiger partial charge in [0.25, 0.3) is 12.2 Å². The van der Waals surface area contributed by atoms with E-state index < -0.39 is 30.1 Å². The zero-order valence-electron chi connectivity index (χ0n) is 13.5. The summed E-state index contributed by atoms with van der Waals surface area (Å²) in [5, 5.41) is 8.91. The van der Waals surface area contributed by atoms with Gasteiger partial charge in [-0.25, -0.2) is 18.0 Å². The number of halogens is 4. The van der Waals surface area contributed by atoms with Crippen LogP contribution in [0.2, 0.25) is 0 Å². The van der Waals surface area contributed by atoms with Gasteiger partial charge in [-0.1, -0.05) is 28.1 Å². The second-order valence-corrected chi connectivity index (χ2v) is 6.84. The van der Waals surface area contributed by atoms with Crippen LogP contribution in [0.1, 0.15) is 18.4 Å². The maximum Gasteiger partial charge on any atom is 0.407 e. The van der Waals surface area contributed by atoms with Crippen molar-refractivity contribution in [1.82, 2.24) is 9.80 Å². The third-order valence-electron chi connectivity index (χ3n) is 4.47. The lowest BCUT2D eigenvalue weighted by Crippen LogP contribution is -2.52. The number of carboxylic acid groups (broad SMARTS) is 1. The molecule has 2 amide bonds. The molecule has 0 saturated carbocycles. The molecule has 1 aliphatic heterocycles. The molecular weight excluding hydrogens is 405 g/mol. The summed E-state index contributed by atoms with van der Waals surface area (Å²) >= 11 is 3.15. The van der Waals surface area contributed by atoms with E-state index in [0.717, 1.165) is 11.9 Å². The van der Waals surface area contributed by atoms with Crippen molar-refractivity contribution < 1.29 is 27.9 Å². The van der Waals surface area contributed by atoms with E-state index in [4.69, 9.17) is 5.11 Å². The Morgan fingerprint density at radius 1 is 1.28 bits per heavy atom. The van der Waals surface area contributed by atoms with Crippen molar-refractivity contribution in [2.45, 2.75) is 25.1 Å². The van der Waals surface area contributed by atoms with Crippen LogP contribution < -0.4 is 0 Å². The number of piperidine rings is 1.